The summed E-state index contributed by atoms with van der Waals surface area (Å²) in [6.45, 7) is 0.489. The standard InChI is InChI=1S/C11H10ClN3O3/c1-13-6-11-14-5-10(18-11)7-2-8(12)4-9(3-7)15(16)17/h2-5,13H,6H2,1H3. The largest absolute Gasteiger partial charge is 0.439 e. The number of oxazole rings is 1. The highest BCUT2D eigenvalue weighted by Gasteiger charge is 2.13. The molecule has 18 heavy (non-hydrogen) atoms. The number of nitrogens with one attached hydrogen (secondary N) is 1. The Labute approximate surface area is 108 Å². The maximum absolute atomic E-state index is 10.7. The van der Waals surface area contributed by atoms with Gasteiger partial charge >= 0.3 is 0 Å². The van der Waals surface area contributed by atoms with Gasteiger partial charge in [-0.2, -0.15) is 0 Å². The molecule has 0 aliphatic carbocycles. The van der Waals surface area contributed by atoms with Crippen molar-refractivity contribution in [3.63, 3.8) is 0 Å². The molecule has 0 fully saturated rings. The molecule has 1 N–H and O–H groups in total. The van der Waals surface area contributed by atoms with Gasteiger partial charge in [-0.05, 0) is 13.1 Å². The highest BCUT2D eigenvalue weighted by Crippen LogP contribution is 2.28. The molecule has 1 aromatic carbocycles. The van der Waals surface area contributed by atoms with E-state index in [2.05, 4.69) is 10.3 Å². The Morgan fingerprint density at radius 2 is 2.28 bits per heavy atom. The highest BCUT2D eigenvalue weighted by molar-refractivity contribution is 6.31. The molecule has 0 saturated heterocycles. The van der Waals surface area contributed by atoms with Crippen molar-refractivity contribution in [2.24, 2.45) is 0 Å². The Bertz CT molecular complexity index is 583. The molecule has 0 saturated carbocycles. The van der Waals surface area contributed by atoms with Crippen LogP contribution < -0.4 is 5.32 Å². The summed E-state index contributed by atoms with van der Waals surface area (Å²) in [5.74, 6) is 0.959. The van der Waals surface area contributed by atoms with Crippen LogP contribution in [0.15, 0.2) is 28.8 Å². The maximum Gasteiger partial charge on any atom is 0.271 e. The van der Waals surface area contributed by atoms with Crippen LogP contribution in [0, 0.1) is 10.1 Å². The van der Waals surface area contributed by atoms with Gasteiger partial charge in [0.15, 0.2) is 5.76 Å². The lowest BCUT2D eigenvalue weighted by Gasteiger charge is -1.98. The van der Waals surface area contributed by atoms with E-state index in [9.17, 15) is 10.1 Å². The first-order chi connectivity index (χ1) is 8.60. The van der Waals surface area contributed by atoms with E-state index < -0.39 is 4.92 Å². The number of halogens is 1. The summed E-state index contributed by atoms with van der Waals surface area (Å²) in [6.07, 6.45) is 1.52. The van der Waals surface area contributed by atoms with Crippen LogP contribution in [0.3, 0.4) is 0 Å². The molecule has 0 amide bonds. The van der Waals surface area contributed by atoms with Crippen molar-refractivity contribution in [1.82, 2.24) is 10.3 Å². The topological polar surface area (TPSA) is 81.2 Å². The molecule has 0 bridgehead atoms. The molecule has 0 aliphatic heterocycles. The van der Waals surface area contributed by atoms with Gasteiger partial charge in [-0.15, -0.1) is 0 Å². The lowest BCUT2D eigenvalue weighted by molar-refractivity contribution is -0.384. The Balaban J connectivity index is 2.39. The first kappa shape index (κ1) is 12.5. The average molecular weight is 268 g/mol. The zero-order valence-corrected chi connectivity index (χ0v) is 10.3. The molecule has 0 radical (unpaired) electrons. The SMILES string of the molecule is CNCc1ncc(-c2cc(Cl)cc([N+](=O)[O-])c2)o1. The van der Waals surface area contributed by atoms with E-state index in [1.165, 1.54) is 18.3 Å². The summed E-state index contributed by atoms with van der Waals surface area (Å²) < 4.78 is 5.44. The smallest absolute Gasteiger partial charge is 0.271 e. The summed E-state index contributed by atoms with van der Waals surface area (Å²) >= 11 is 5.83. The van der Waals surface area contributed by atoms with E-state index >= 15 is 0 Å². The van der Waals surface area contributed by atoms with Gasteiger partial charge in [0, 0.05) is 22.7 Å². The number of nitrogens with zero attached hydrogens (tertiary/aromatic N) is 2. The van der Waals surface area contributed by atoms with Gasteiger partial charge in [0.2, 0.25) is 5.89 Å². The van der Waals surface area contributed by atoms with Gasteiger partial charge in [-0.25, -0.2) is 4.98 Å². The molecule has 0 atom stereocenters. The number of rotatable bonds is 4. The van der Waals surface area contributed by atoms with E-state index in [4.69, 9.17) is 16.0 Å². The minimum absolute atomic E-state index is 0.0796. The van der Waals surface area contributed by atoms with Crippen LogP contribution in [0.1, 0.15) is 5.89 Å². The third-order valence-corrected chi connectivity index (χ3v) is 2.48. The minimum atomic E-state index is -0.500. The van der Waals surface area contributed by atoms with Gasteiger partial charge in [-0.1, -0.05) is 11.6 Å². The molecule has 1 aromatic heterocycles. The zero-order valence-electron chi connectivity index (χ0n) is 9.51. The molecule has 2 aromatic rings. The first-order valence-corrected chi connectivity index (χ1v) is 5.52. The molecule has 0 aliphatic rings. The summed E-state index contributed by atoms with van der Waals surface area (Å²) in [7, 11) is 1.77. The summed E-state index contributed by atoms with van der Waals surface area (Å²) in [4.78, 5) is 14.3. The maximum atomic E-state index is 10.7. The Kier molecular flexibility index (Phi) is 3.59. The third-order valence-electron chi connectivity index (χ3n) is 2.26. The number of hydrogen-bond donors (Lipinski definition) is 1. The van der Waals surface area contributed by atoms with E-state index in [0.717, 1.165) is 0 Å². The highest BCUT2D eigenvalue weighted by atomic mass is 35.5. The Morgan fingerprint density at radius 3 is 2.94 bits per heavy atom. The predicted molar refractivity (Wildman–Crippen MR) is 66.4 cm³/mol. The fraction of sp³-hybridized carbons (Fsp3) is 0.182. The van der Waals surface area contributed by atoms with Crippen molar-refractivity contribution in [3.05, 3.63) is 45.4 Å². The molecule has 1 heterocycles. The summed E-state index contributed by atoms with van der Waals surface area (Å²) in [5, 5.41) is 13.9. The lowest BCUT2D eigenvalue weighted by Crippen LogP contribution is -2.04. The van der Waals surface area contributed by atoms with Gasteiger partial charge in [0.1, 0.15) is 0 Å². The van der Waals surface area contributed by atoms with Crippen LogP contribution in [0.2, 0.25) is 5.02 Å². The van der Waals surface area contributed by atoms with Crippen LogP contribution >= 0.6 is 11.6 Å². The van der Waals surface area contributed by atoms with Crippen molar-refractivity contribution < 1.29 is 9.34 Å². The van der Waals surface area contributed by atoms with Crippen LogP contribution in [0.4, 0.5) is 5.69 Å². The molecule has 0 unspecified atom stereocenters. The minimum Gasteiger partial charge on any atom is -0.439 e. The zero-order chi connectivity index (χ0) is 13.1. The fourth-order valence-corrected chi connectivity index (χ4v) is 1.73. The quantitative estimate of drug-likeness (QED) is 0.680. The lowest BCUT2D eigenvalue weighted by atomic mass is 10.1. The Morgan fingerprint density at radius 1 is 1.50 bits per heavy atom. The number of nitro groups is 1. The van der Waals surface area contributed by atoms with Crippen LogP contribution in [-0.4, -0.2) is 17.0 Å². The van der Waals surface area contributed by atoms with Crippen molar-refractivity contribution in [2.45, 2.75) is 6.54 Å². The molecule has 2 rings (SSSR count). The van der Waals surface area contributed by atoms with Crippen molar-refractivity contribution in [3.8, 4) is 11.3 Å². The number of aromatic nitrogens is 1. The number of hydrogen-bond acceptors (Lipinski definition) is 5. The van der Waals surface area contributed by atoms with Crippen molar-refractivity contribution in [1.29, 1.82) is 0 Å². The van der Waals surface area contributed by atoms with Crippen LogP contribution in [0.5, 0.6) is 0 Å². The normalized spacial score (nSPS) is 10.6. The van der Waals surface area contributed by atoms with E-state index in [-0.39, 0.29) is 10.7 Å². The van der Waals surface area contributed by atoms with Gasteiger partial charge in [-0.3, -0.25) is 10.1 Å². The fourth-order valence-electron chi connectivity index (χ4n) is 1.50. The number of non-ortho nitro benzene ring substituents is 1. The Hall–Kier alpha value is -1.92. The second-order valence-electron chi connectivity index (χ2n) is 3.60. The van der Waals surface area contributed by atoms with E-state index in [1.807, 2.05) is 0 Å². The number of benzene rings is 1. The molecule has 6 nitrogen and oxygen atoms in total. The monoisotopic (exact) mass is 267 g/mol. The second kappa shape index (κ2) is 5.16. The molecular formula is C11H10ClN3O3. The third kappa shape index (κ3) is 2.66. The van der Waals surface area contributed by atoms with Crippen molar-refractivity contribution in [2.75, 3.05) is 7.05 Å². The molecule has 0 spiro atoms. The van der Waals surface area contributed by atoms with Gasteiger partial charge < -0.3 is 9.73 Å². The predicted octanol–water partition coefficient (Wildman–Crippen LogP) is 2.62. The van der Waals surface area contributed by atoms with E-state index in [0.29, 0.717) is 23.8 Å². The molecular weight excluding hydrogens is 258 g/mol. The van der Waals surface area contributed by atoms with Crippen LogP contribution in [0.25, 0.3) is 11.3 Å². The molecule has 94 valence electrons. The average Bonchev–Trinajstić information content (AvgIpc) is 2.77. The van der Waals surface area contributed by atoms with E-state index in [1.54, 1.807) is 13.1 Å². The van der Waals surface area contributed by atoms with Gasteiger partial charge in [0.25, 0.3) is 5.69 Å². The number of nitro benzene ring substituents is 1. The summed E-state index contributed by atoms with van der Waals surface area (Å²) in [6, 6.07) is 4.28. The van der Waals surface area contributed by atoms with Crippen molar-refractivity contribution >= 4 is 17.3 Å². The van der Waals surface area contributed by atoms with Crippen LogP contribution in [-0.2, 0) is 6.54 Å². The molecule has 7 heteroatoms. The first-order valence-electron chi connectivity index (χ1n) is 5.15. The second-order valence-corrected chi connectivity index (χ2v) is 4.04. The van der Waals surface area contributed by atoms with Gasteiger partial charge in [0.05, 0.1) is 17.7 Å². The summed E-state index contributed by atoms with van der Waals surface area (Å²) in [5.41, 5.74) is 0.452.